The van der Waals surface area contributed by atoms with Crippen LogP contribution < -0.4 is 5.32 Å². The Kier molecular flexibility index (Phi) is 4.09. The van der Waals surface area contributed by atoms with Gasteiger partial charge in [0.05, 0.1) is 6.20 Å². The Labute approximate surface area is 92.2 Å². The Bertz CT molecular complexity index is 328. The average molecular weight is 207 g/mol. The maximum absolute atomic E-state index is 4.25. The molecule has 1 aromatic rings. The van der Waals surface area contributed by atoms with Crippen LogP contribution in [0.25, 0.3) is 0 Å². The van der Waals surface area contributed by atoms with Gasteiger partial charge in [-0.25, -0.2) is 0 Å². The molecular weight excluding hydrogens is 186 g/mol. The van der Waals surface area contributed by atoms with E-state index in [0.29, 0.717) is 12.1 Å². The highest BCUT2D eigenvalue weighted by atomic mass is 15.3. The average Bonchev–Trinajstić information content (AvgIpc) is 2.48. The van der Waals surface area contributed by atoms with Crippen LogP contribution in [-0.2, 0) is 7.05 Å². The minimum atomic E-state index is 0.341. The Hall–Kier alpha value is -1.09. The molecule has 3 nitrogen and oxygen atoms in total. The number of hydrogen-bond donors (Lipinski definition) is 1. The quantitative estimate of drug-likeness (QED) is 0.751. The van der Waals surface area contributed by atoms with Crippen molar-refractivity contribution in [3.63, 3.8) is 0 Å². The van der Waals surface area contributed by atoms with Crippen LogP contribution >= 0.6 is 0 Å². The van der Waals surface area contributed by atoms with Gasteiger partial charge in [0.25, 0.3) is 0 Å². The smallest absolute Gasteiger partial charge is 0.0540 e. The molecule has 1 aromatic heterocycles. The monoisotopic (exact) mass is 207 g/mol. The van der Waals surface area contributed by atoms with Crippen molar-refractivity contribution < 1.29 is 0 Å². The van der Waals surface area contributed by atoms with Gasteiger partial charge in [-0.2, -0.15) is 5.10 Å². The summed E-state index contributed by atoms with van der Waals surface area (Å²) in [5.74, 6) is 0. The van der Waals surface area contributed by atoms with Gasteiger partial charge in [-0.3, -0.25) is 4.68 Å². The molecule has 1 heterocycles. The molecule has 0 aliphatic heterocycles. The lowest BCUT2D eigenvalue weighted by molar-refractivity contribution is 0.481. The highest BCUT2D eigenvalue weighted by Gasteiger charge is 2.13. The molecule has 0 radical (unpaired) electrons. The molecular formula is C12H21N3. The molecule has 0 aliphatic rings. The van der Waals surface area contributed by atoms with Crippen molar-refractivity contribution >= 4 is 0 Å². The first-order chi connectivity index (χ1) is 7.06. The lowest BCUT2D eigenvalue weighted by Gasteiger charge is -2.18. The van der Waals surface area contributed by atoms with Crippen molar-refractivity contribution in [2.45, 2.75) is 39.3 Å². The summed E-state index contributed by atoms with van der Waals surface area (Å²) in [6, 6.07) is 0.797. The Morgan fingerprint density at radius 3 is 2.73 bits per heavy atom. The molecule has 2 unspecified atom stereocenters. The van der Waals surface area contributed by atoms with Gasteiger partial charge in [0, 0.05) is 30.4 Å². The van der Waals surface area contributed by atoms with Crippen molar-refractivity contribution in [1.29, 1.82) is 0 Å². The van der Waals surface area contributed by atoms with Crippen LogP contribution in [0, 0.1) is 6.92 Å². The lowest BCUT2D eigenvalue weighted by Crippen LogP contribution is -2.28. The van der Waals surface area contributed by atoms with E-state index in [-0.39, 0.29) is 0 Å². The summed E-state index contributed by atoms with van der Waals surface area (Å²) >= 11 is 0. The summed E-state index contributed by atoms with van der Waals surface area (Å²) in [6.45, 7) is 10.2. The zero-order valence-corrected chi connectivity index (χ0v) is 10.1. The van der Waals surface area contributed by atoms with E-state index < -0.39 is 0 Å². The molecule has 0 spiro atoms. The van der Waals surface area contributed by atoms with Crippen molar-refractivity contribution in [2.75, 3.05) is 0 Å². The molecule has 2 atom stereocenters. The number of aryl methyl sites for hydroxylation is 1. The number of hydrogen-bond acceptors (Lipinski definition) is 2. The Balaban J connectivity index is 2.64. The maximum Gasteiger partial charge on any atom is 0.0540 e. The van der Waals surface area contributed by atoms with E-state index >= 15 is 0 Å². The number of nitrogens with one attached hydrogen (secondary N) is 1. The van der Waals surface area contributed by atoms with Gasteiger partial charge in [-0.05, 0) is 27.2 Å². The summed E-state index contributed by atoms with van der Waals surface area (Å²) in [5, 5.41) is 7.77. The van der Waals surface area contributed by atoms with Crippen LogP contribution in [0.4, 0.5) is 0 Å². The molecule has 0 fully saturated rings. The highest BCUT2D eigenvalue weighted by Crippen LogP contribution is 2.16. The molecule has 0 amide bonds. The van der Waals surface area contributed by atoms with Gasteiger partial charge in [-0.1, -0.05) is 6.08 Å². The van der Waals surface area contributed by atoms with Crippen molar-refractivity contribution in [1.82, 2.24) is 15.1 Å². The number of aromatic nitrogens is 2. The standard InChI is InChI=1S/C12H21N3/c1-6-7-9(2)14-10(3)12-8-13-15(5)11(12)4/h6,8-10,14H,1,7H2,2-5H3. The SMILES string of the molecule is C=CCC(C)NC(C)c1cnn(C)c1C. The van der Waals surface area contributed by atoms with E-state index in [2.05, 4.69) is 37.8 Å². The number of nitrogens with zero attached hydrogens (tertiary/aromatic N) is 2. The van der Waals surface area contributed by atoms with Gasteiger partial charge in [0.2, 0.25) is 0 Å². The van der Waals surface area contributed by atoms with Gasteiger partial charge in [0.15, 0.2) is 0 Å². The molecule has 0 saturated carbocycles. The van der Waals surface area contributed by atoms with Crippen LogP contribution in [0.3, 0.4) is 0 Å². The van der Waals surface area contributed by atoms with Crippen LogP contribution in [0.5, 0.6) is 0 Å². The zero-order chi connectivity index (χ0) is 11.4. The third kappa shape index (κ3) is 2.93. The van der Waals surface area contributed by atoms with E-state index in [4.69, 9.17) is 0 Å². The zero-order valence-electron chi connectivity index (χ0n) is 10.1. The minimum Gasteiger partial charge on any atom is -0.307 e. The van der Waals surface area contributed by atoms with Crippen molar-refractivity contribution in [2.24, 2.45) is 7.05 Å². The molecule has 1 N–H and O–H groups in total. The largest absolute Gasteiger partial charge is 0.307 e. The molecule has 84 valence electrons. The first-order valence-corrected chi connectivity index (χ1v) is 5.41. The van der Waals surface area contributed by atoms with E-state index in [9.17, 15) is 0 Å². The predicted octanol–water partition coefficient (Wildman–Crippen LogP) is 2.34. The van der Waals surface area contributed by atoms with Crippen LogP contribution in [0.15, 0.2) is 18.9 Å². The topological polar surface area (TPSA) is 29.9 Å². The third-order valence-corrected chi connectivity index (χ3v) is 2.79. The van der Waals surface area contributed by atoms with E-state index in [1.165, 1.54) is 11.3 Å². The fourth-order valence-corrected chi connectivity index (χ4v) is 1.78. The predicted molar refractivity (Wildman–Crippen MR) is 63.8 cm³/mol. The lowest BCUT2D eigenvalue weighted by atomic mass is 10.1. The van der Waals surface area contributed by atoms with Crippen LogP contribution in [0.1, 0.15) is 37.6 Å². The van der Waals surface area contributed by atoms with Crippen molar-refractivity contribution in [3.05, 3.63) is 30.1 Å². The summed E-state index contributed by atoms with van der Waals surface area (Å²) in [5.41, 5.74) is 2.49. The maximum atomic E-state index is 4.25. The Morgan fingerprint density at radius 1 is 1.60 bits per heavy atom. The number of rotatable bonds is 5. The summed E-state index contributed by atoms with van der Waals surface area (Å²) in [7, 11) is 1.97. The van der Waals surface area contributed by atoms with E-state index in [0.717, 1.165) is 6.42 Å². The van der Waals surface area contributed by atoms with E-state index in [1.54, 1.807) is 0 Å². The molecule has 0 aliphatic carbocycles. The molecule has 0 aromatic carbocycles. The second kappa shape index (κ2) is 5.12. The molecule has 15 heavy (non-hydrogen) atoms. The minimum absolute atomic E-state index is 0.341. The first-order valence-electron chi connectivity index (χ1n) is 5.41. The summed E-state index contributed by atoms with van der Waals surface area (Å²) < 4.78 is 1.91. The Morgan fingerprint density at radius 2 is 2.27 bits per heavy atom. The summed E-state index contributed by atoms with van der Waals surface area (Å²) in [6.07, 6.45) is 4.87. The highest BCUT2D eigenvalue weighted by molar-refractivity contribution is 5.19. The van der Waals surface area contributed by atoms with E-state index in [1.807, 2.05) is 24.0 Å². The van der Waals surface area contributed by atoms with Crippen LogP contribution in [-0.4, -0.2) is 15.8 Å². The fraction of sp³-hybridized carbons (Fsp3) is 0.583. The van der Waals surface area contributed by atoms with Gasteiger partial charge < -0.3 is 5.32 Å². The summed E-state index contributed by atoms with van der Waals surface area (Å²) in [4.78, 5) is 0. The third-order valence-electron chi connectivity index (χ3n) is 2.79. The van der Waals surface area contributed by atoms with Crippen molar-refractivity contribution in [3.8, 4) is 0 Å². The normalized spacial score (nSPS) is 14.9. The van der Waals surface area contributed by atoms with Gasteiger partial charge in [0.1, 0.15) is 0 Å². The molecule has 1 rings (SSSR count). The van der Waals surface area contributed by atoms with Gasteiger partial charge in [-0.15, -0.1) is 6.58 Å². The fourth-order valence-electron chi connectivity index (χ4n) is 1.78. The molecule has 0 bridgehead atoms. The van der Waals surface area contributed by atoms with Gasteiger partial charge >= 0.3 is 0 Å². The molecule has 0 saturated heterocycles. The first kappa shape index (κ1) is 12.0. The molecule has 3 heteroatoms. The van der Waals surface area contributed by atoms with Crippen LogP contribution in [0.2, 0.25) is 0 Å². The second-order valence-electron chi connectivity index (χ2n) is 4.12. The second-order valence-corrected chi connectivity index (χ2v) is 4.12.